The Morgan fingerprint density at radius 1 is 1.40 bits per heavy atom. The van der Waals surface area contributed by atoms with Crippen LogP contribution in [0.5, 0.6) is 0 Å². The van der Waals surface area contributed by atoms with E-state index in [1.165, 1.54) is 17.2 Å². The van der Waals surface area contributed by atoms with Crippen molar-refractivity contribution in [1.29, 1.82) is 0 Å². The van der Waals surface area contributed by atoms with Gasteiger partial charge in [0.05, 0.1) is 23.7 Å². The van der Waals surface area contributed by atoms with E-state index in [2.05, 4.69) is 9.88 Å². The molecule has 3 nitrogen and oxygen atoms in total. The lowest BCUT2D eigenvalue weighted by Crippen LogP contribution is -2.32. The van der Waals surface area contributed by atoms with Crippen LogP contribution in [0.1, 0.15) is 18.7 Å². The van der Waals surface area contributed by atoms with Crippen molar-refractivity contribution < 1.29 is 5.11 Å². The van der Waals surface area contributed by atoms with Crippen molar-refractivity contribution in [3.8, 4) is 0 Å². The van der Waals surface area contributed by atoms with Crippen LogP contribution in [0.2, 0.25) is 0 Å². The lowest BCUT2D eigenvalue weighted by molar-refractivity contribution is 0.194. The maximum absolute atomic E-state index is 9.35. The van der Waals surface area contributed by atoms with Crippen LogP contribution in [0, 0.1) is 0 Å². The molecular formula is C11H16N2OS. The molecule has 82 valence electrons. The summed E-state index contributed by atoms with van der Waals surface area (Å²) in [5, 5.41) is 9.35. The van der Waals surface area contributed by atoms with E-state index in [-0.39, 0.29) is 0 Å². The molecule has 1 aromatic heterocycles. The van der Waals surface area contributed by atoms with Crippen molar-refractivity contribution in [3.63, 3.8) is 0 Å². The van der Waals surface area contributed by atoms with Crippen LogP contribution in [0.3, 0.4) is 0 Å². The Kier molecular flexibility index (Phi) is 3.49. The number of aliphatic hydroxyl groups is 1. The average molecular weight is 224 g/mol. The Hall–Kier alpha value is -0.740. The van der Waals surface area contributed by atoms with E-state index in [1.54, 1.807) is 6.92 Å². The Morgan fingerprint density at radius 3 is 2.67 bits per heavy atom. The third-order valence-electron chi connectivity index (χ3n) is 2.58. The monoisotopic (exact) mass is 224 g/mol. The highest BCUT2D eigenvalue weighted by Crippen LogP contribution is 2.19. The molecule has 0 aliphatic carbocycles. The second-order valence-corrected chi connectivity index (χ2v) is 4.94. The summed E-state index contributed by atoms with van der Waals surface area (Å²) >= 11 is 2.00. The zero-order valence-corrected chi connectivity index (χ0v) is 9.70. The molecule has 1 aliphatic heterocycles. The van der Waals surface area contributed by atoms with Crippen molar-refractivity contribution in [2.75, 3.05) is 29.5 Å². The van der Waals surface area contributed by atoms with E-state index >= 15 is 0 Å². The smallest absolute Gasteiger partial charge is 0.0931 e. The van der Waals surface area contributed by atoms with Crippen LogP contribution >= 0.6 is 11.8 Å². The second kappa shape index (κ2) is 4.86. The van der Waals surface area contributed by atoms with Gasteiger partial charge in [-0.05, 0) is 19.1 Å². The van der Waals surface area contributed by atoms with E-state index in [0.717, 1.165) is 18.8 Å². The minimum Gasteiger partial charge on any atom is -0.387 e. The largest absolute Gasteiger partial charge is 0.387 e. The molecule has 0 spiro atoms. The van der Waals surface area contributed by atoms with Crippen molar-refractivity contribution in [3.05, 3.63) is 24.0 Å². The van der Waals surface area contributed by atoms with E-state index < -0.39 is 6.10 Å². The van der Waals surface area contributed by atoms with Gasteiger partial charge < -0.3 is 10.0 Å². The van der Waals surface area contributed by atoms with Crippen molar-refractivity contribution >= 4 is 17.4 Å². The minimum absolute atomic E-state index is 0.476. The Balaban J connectivity index is 2.08. The normalized spacial score (nSPS) is 18.9. The Labute approximate surface area is 94.5 Å². The van der Waals surface area contributed by atoms with Crippen LogP contribution in [-0.4, -0.2) is 34.7 Å². The molecule has 0 bridgehead atoms. The van der Waals surface area contributed by atoms with Gasteiger partial charge in [-0.2, -0.15) is 11.8 Å². The van der Waals surface area contributed by atoms with E-state index in [9.17, 15) is 5.11 Å². The molecule has 0 radical (unpaired) electrons. The average Bonchev–Trinajstić information content (AvgIpc) is 2.30. The second-order valence-electron chi connectivity index (χ2n) is 3.72. The summed E-state index contributed by atoms with van der Waals surface area (Å²) in [6, 6.07) is 3.95. The van der Waals surface area contributed by atoms with E-state index in [0.29, 0.717) is 0 Å². The number of hydrogen-bond acceptors (Lipinski definition) is 4. The molecule has 4 heteroatoms. The Morgan fingerprint density at radius 2 is 2.13 bits per heavy atom. The fourth-order valence-electron chi connectivity index (χ4n) is 1.65. The number of nitrogens with zero attached hydrogens (tertiary/aromatic N) is 2. The van der Waals surface area contributed by atoms with Gasteiger partial charge in [0.25, 0.3) is 0 Å². The molecule has 2 rings (SSSR count). The molecule has 1 atom stereocenters. The van der Waals surface area contributed by atoms with Crippen LogP contribution in [0.25, 0.3) is 0 Å². The summed E-state index contributed by atoms with van der Waals surface area (Å²) in [5.74, 6) is 2.39. The molecule has 0 amide bonds. The van der Waals surface area contributed by atoms with Gasteiger partial charge in [-0.1, -0.05) is 0 Å². The third-order valence-corrected chi connectivity index (χ3v) is 3.52. The molecule has 1 saturated heterocycles. The highest BCUT2D eigenvalue weighted by molar-refractivity contribution is 7.99. The van der Waals surface area contributed by atoms with Crippen LogP contribution in [0.15, 0.2) is 18.3 Å². The minimum atomic E-state index is -0.476. The lowest BCUT2D eigenvalue weighted by atomic mass is 10.2. The third kappa shape index (κ3) is 2.63. The lowest BCUT2D eigenvalue weighted by Gasteiger charge is -2.28. The van der Waals surface area contributed by atoms with Crippen molar-refractivity contribution in [1.82, 2.24) is 4.98 Å². The van der Waals surface area contributed by atoms with Gasteiger partial charge in [0.15, 0.2) is 0 Å². The number of anilines is 1. The first-order valence-electron chi connectivity index (χ1n) is 5.24. The van der Waals surface area contributed by atoms with Gasteiger partial charge >= 0.3 is 0 Å². The summed E-state index contributed by atoms with van der Waals surface area (Å²) in [5.41, 5.74) is 1.91. The highest BCUT2D eigenvalue weighted by Gasteiger charge is 2.11. The predicted molar refractivity (Wildman–Crippen MR) is 64.4 cm³/mol. The van der Waals surface area contributed by atoms with Gasteiger partial charge in [0.2, 0.25) is 0 Å². The first-order valence-corrected chi connectivity index (χ1v) is 6.39. The summed E-state index contributed by atoms with van der Waals surface area (Å²) in [4.78, 5) is 6.60. The fraction of sp³-hybridized carbons (Fsp3) is 0.545. The zero-order chi connectivity index (χ0) is 10.7. The van der Waals surface area contributed by atoms with Gasteiger partial charge in [-0.15, -0.1) is 0 Å². The molecular weight excluding hydrogens is 208 g/mol. The van der Waals surface area contributed by atoms with Gasteiger partial charge in [0.1, 0.15) is 0 Å². The fourth-order valence-corrected chi connectivity index (χ4v) is 2.56. The van der Waals surface area contributed by atoms with Crippen LogP contribution in [0.4, 0.5) is 5.69 Å². The number of aliphatic hydroxyl groups excluding tert-OH is 1. The molecule has 1 fully saturated rings. The zero-order valence-electron chi connectivity index (χ0n) is 8.89. The van der Waals surface area contributed by atoms with Crippen molar-refractivity contribution in [2.24, 2.45) is 0 Å². The quantitative estimate of drug-likeness (QED) is 0.829. The summed E-state index contributed by atoms with van der Waals surface area (Å²) in [6.07, 6.45) is 1.38. The maximum atomic E-state index is 9.35. The number of hydrogen-bond donors (Lipinski definition) is 1. The number of thioether (sulfide) groups is 1. The van der Waals surface area contributed by atoms with Crippen molar-refractivity contribution in [2.45, 2.75) is 13.0 Å². The van der Waals surface area contributed by atoms with Crippen LogP contribution in [-0.2, 0) is 0 Å². The highest BCUT2D eigenvalue weighted by atomic mass is 32.2. The maximum Gasteiger partial charge on any atom is 0.0931 e. The number of rotatable bonds is 2. The molecule has 1 aliphatic rings. The predicted octanol–water partition coefficient (Wildman–Crippen LogP) is 1.69. The molecule has 0 saturated carbocycles. The Bertz CT molecular complexity index is 307. The molecule has 1 N–H and O–H groups in total. The SMILES string of the molecule is C[C@H](O)c1ccc(N2CCSCC2)cn1. The summed E-state index contributed by atoms with van der Waals surface area (Å²) in [7, 11) is 0. The number of aromatic nitrogens is 1. The van der Waals surface area contributed by atoms with E-state index in [1.807, 2.05) is 30.1 Å². The van der Waals surface area contributed by atoms with Gasteiger partial charge in [-0.3, -0.25) is 4.98 Å². The molecule has 0 unspecified atom stereocenters. The molecule has 0 aromatic carbocycles. The standard InChI is InChI=1S/C11H16N2OS/c1-9(14)11-3-2-10(8-12-11)13-4-6-15-7-5-13/h2-3,8-9,14H,4-7H2,1H3/t9-/m0/s1. The topological polar surface area (TPSA) is 36.4 Å². The summed E-state index contributed by atoms with van der Waals surface area (Å²) in [6.45, 7) is 3.93. The summed E-state index contributed by atoms with van der Waals surface area (Å²) < 4.78 is 0. The number of pyridine rings is 1. The van der Waals surface area contributed by atoms with Crippen LogP contribution < -0.4 is 4.90 Å². The molecule has 1 aromatic rings. The van der Waals surface area contributed by atoms with Gasteiger partial charge in [0, 0.05) is 24.6 Å². The van der Waals surface area contributed by atoms with E-state index in [4.69, 9.17) is 0 Å². The van der Waals surface area contributed by atoms with Gasteiger partial charge in [-0.25, -0.2) is 0 Å². The first kappa shape index (κ1) is 10.8. The molecule has 15 heavy (non-hydrogen) atoms. The first-order chi connectivity index (χ1) is 7.27. The molecule has 2 heterocycles.